The van der Waals surface area contributed by atoms with E-state index in [0.717, 1.165) is 50.6 Å². The molecule has 0 aromatic heterocycles. The van der Waals surface area contributed by atoms with Crippen LogP contribution in [-0.2, 0) is 4.74 Å². The molecular weight excluding hydrogens is 282 g/mol. The number of nitrogens with zero attached hydrogens (tertiary/aromatic N) is 2. The Morgan fingerprint density at radius 1 is 1.45 bits per heavy atom. The van der Waals surface area contributed by atoms with Gasteiger partial charge in [-0.05, 0) is 18.6 Å². The zero-order valence-corrected chi connectivity index (χ0v) is 12.2. The third kappa shape index (κ3) is 3.82. The first kappa shape index (κ1) is 15.0. The summed E-state index contributed by atoms with van der Waals surface area (Å²) in [6.07, 6.45) is 0. The number of hydrogen-bond donors (Lipinski definition) is 1. The van der Waals surface area contributed by atoms with Gasteiger partial charge in [0.25, 0.3) is 5.69 Å². The summed E-state index contributed by atoms with van der Waals surface area (Å²) in [5.74, 6) is 0. The second-order valence-electron chi connectivity index (χ2n) is 4.76. The number of hydrogen-bond acceptors (Lipinski definition) is 5. The monoisotopic (exact) mass is 299 g/mol. The van der Waals surface area contributed by atoms with Crippen molar-refractivity contribution in [2.45, 2.75) is 6.92 Å². The van der Waals surface area contributed by atoms with Crippen LogP contribution in [0, 0.1) is 17.0 Å². The molecule has 6 nitrogen and oxygen atoms in total. The quantitative estimate of drug-likeness (QED) is 0.667. The Morgan fingerprint density at radius 3 is 2.80 bits per heavy atom. The van der Waals surface area contributed by atoms with Crippen molar-refractivity contribution in [3.05, 3.63) is 32.8 Å². The van der Waals surface area contributed by atoms with E-state index in [2.05, 4.69) is 10.2 Å². The average molecular weight is 300 g/mol. The Bertz CT molecular complexity index is 490. The molecule has 1 N–H and O–H groups in total. The zero-order valence-electron chi connectivity index (χ0n) is 11.4. The molecule has 0 radical (unpaired) electrons. The van der Waals surface area contributed by atoms with Crippen molar-refractivity contribution in [1.82, 2.24) is 4.90 Å². The highest BCUT2D eigenvalue weighted by Gasteiger charge is 2.15. The molecule has 0 bridgehead atoms. The van der Waals surface area contributed by atoms with Gasteiger partial charge in [0.1, 0.15) is 5.02 Å². The predicted octanol–water partition coefficient (Wildman–Crippen LogP) is 2.30. The van der Waals surface area contributed by atoms with E-state index in [1.165, 1.54) is 6.07 Å². The summed E-state index contributed by atoms with van der Waals surface area (Å²) in [5, 5.41) is 14.2. The van der Waals surface area contributed by atoms with Gasteiger partial charge in [0.15, 0.2) is 0 Å². The van der Waals surface area contributed by atoms with Crippen molar-refractivity contribution in [2.75, 3.05) is 44.7 Å². The summed E-state index contributed by atoms with van der Waals surface area (Å²) < 4.78 is 5.29. The van der Waals surface area contributed by atoms with E-state index in [-0.39, 0.29) is 10.7 Å². The van der Waals surface area contributed by atoms with Crippen molar-refractivity contribution < 1.29 is 9.66 Å². The van der Waals surface area contributed by atoms with Crippen LogP contribution in [0.4, 0.5) is 11.4 Å². The lowest BCUT2D eigenvalue weighted by Gasteiger charge is -2.26. The summed E-state index contributed by atoms with van der Waals surface area (Å²) in [4.78, 5) is 12.6. The van der Waals surface area contributed by atoms with Gasteiger partial charge in [-0.2, -0.15) is 0 Å². The van der Waals surface area contributed by atoms with Gasteiger partial charge in [-0.25, -0.2) is 0 Å². The topological polar surface area (TPSA) is 67.6 Å². The summed E-state index contributed by atoms with van der Waals surface area (Å²) in [6, 6.07) is 3.12. The van der Waals surface area contributed by atoms with Gasteiger partial charge in [0.05, 0.1) is 18.1 Å². The molecule has 0 aliphatic carbocycles. The molecule has 110 valence electrons. The molecule has 0 saturated carbocycles. The van der Waals surface area contributed by atoms with Gasteiger partial charge in [0.2, 0.25) is 0 Å². The number of morpholine rings is 1. The Hall–Kier alpha value is -1.37. The van der Waals surface area contributed by atoms with Crippen molar-refractivity contribution in [2.24, 2.45) is 0 Å². The molecule has 1 aromatic carbocycles. The molecule has 1 saturated heterocycles. The summed E-state index contributed by atoms with van der Waals surface area (Å²) in [7, 11) is 0. The van der Waals surface area contributed by atoms with E-state index >= 15 is 0 Å². The molecule has 2 rings (SSSR count). The molecule has 7 heteroatoms. The Labute approximate surface area is 122 Å². The lowest BCUT2D eigenvalue weighted by molar-refractivity contribution is -0.384. The maximum absolute atomic E-state index is 10.8. The van der Waals surface area contributed by atoms with Crippen LogP contribution in [0.25, 0.3) is 0 Å². The molecule has 1 aliphatic rings. The summed E-state index contributed by atoms with van der Waals surface area (Å²) in [5.41, 5.74) is 1.61. The first-order chi connectivity index (χ1) is 9.58. The first-order valence-electron chi connectivity index (χ1n) is 6.56. The fourth-order valence-corrected chi connectivity index (χ4v) is 2.40. The third-order valence-electron chi connectivity index (χ3n) is 3.34. The standard InChI is InChI=1S/C13H18ClN3O3/c1-10-8-13(17(18)19)11(14)9-12(10)15-2-3-16-4-6-20-7-5-16/h8-9,15H,2-7H2,1H3. The summed E-state index contributed by atoms with van der Waals surface area (Å²) >= 11 is 5.92. The molecule has 1 aliphatic heterocycles. The number of ether oxygens (including phenoxy) is 1. The van der Waals surface area contributed by atoms with Gasteiger partial charge in [0, 0.05) is 37.9 Å². The minimum atomic E-state index is -0.465. The number of nitrogens with one attached hydrogen (secondary N) is 1. The number of nitro benzene ring substituents is 1. The van der Waals surface area contributed by atoms with Crippen molar-refractivity contribution >= 4 is 23.0 Å². The fraction of sp³-hybridized carbons (Fsp3) is 0.538. The van der Waals surface area contributed by atoms with E-state index in [9.17, 15) is 10.1 Å². The lowest BCUT2D eigenvalue weighted by atomic mass is 10.1. The van der Waals surface area contributed by atoms with Crippen LogP contribution in [0.1, 0.15) is 5.56 Å². The number of anilines is 1. The highest BCUT2D eigenvalue weighted by molar-refractivity contribution is 6.33. The molecule has 0 amide bonds. The molecule has 0 spiro atoms. The molecule has 0 atom stereocenters. The lowest BCUT2D eigenvalue weighted by Crippen LogP contribution is -2.39. The van der Waals surface area contributed by atoms with Crippen LogP contribution in [0.5, 0.6) is 0 Å². The highest BCUT2D eigenvalue weighted by atomic mass is 35.5. The van der Waals surface area contributed by atoms with Gasteiger partial charge in [-0.1, -0.05) is 11.6 Å². The van der Waals surface area contributed by atoms with Crippen LogP contribution in [0.2, 0.25) is 5.02 Å². The van der Waals surface area contributed by atoms with Gasteiger partial charge >= 0.3 is 0 Å². The maximum Gasteiger partial charge on any atom is 0.288 e. The minimum Gasteiger partial charge on any atom is -0.383 e. The van der Waals surface area contributed by atoms with Gasteiger partial charge < -0.3 is 10.1 Å². The SMILES string of the molecule is Cc1cc([N+](=O)[O-])c(Cl)cc1NCCN1CCOCC1. The minimum absolute atomic E-state index is 0.0529. The fourth-order valence-electron chi connectivity index (χ4n) is 2.17. The highest BCUT2D eigenvalue weighted by Crippen LogP contribution is 2.30. The molecule has 1 heterocycles. The summed E-state index contributed by atoms with van der Waals surface area (Å²) in [6.45, 7) is 6.97. The van der Waals surface area contributed by atoms with E-state index in [4.69, 9.17) is 16.3 Å². The third-order valence-corrected chi connectivity index (χ3v) is 3.64. The van der Waals surface area contributed by atoms with Crippen molar-refractivity contribution in [3.63, 3.8) is 0 Å². The van der Waals surface area contributed by atoms with Gasteiger partial charge in [-0.3, -0.25) is 15.0 Å². The second kappa shape index (κ2) is 6.88. The van der Waals surface area contributed by atoms with Crippen LogP contribution >= 0.6 is 11.6 Å². The van der Waals surface area contributed by atoms with E-state index in [1.54, 1.807) is 6.07 Å². The molecule has 1 fully saturated rings. The van der Waals surface area contributed by atoms with Crippen LogP contribution in [0.15, 0.2) is 12.1 Å². The number of benzene rings is 1. The average Bonchev–Trinajstić information content (AvgIpc) is 2.43. The Kier molecular flexibility index (Phi) is 5.17. The molecule has 1 aromatic rings. The number of rotatable bonds is 5. The Morgan fingerprint density at radius 2 is 2.15 bits per heavy atom. The van der Waals surface area contributed by atoms with Crippen LogP contribution in [0.3, 0.4) is 0 Å². The largest absolute Gasteiger partial charge is 0.383 e. The van der Waals surface area contributed by atoms with E-state index in [1.807, 2.05) is 6.92 Å². The number of aryl methyl sites for hydroxylation is 1. The van der Waals surface area contributed by atoms with Crippen molar-refractivity contribution in [3.8, 4) is 0 Å². The van der Waals surface area contributed by atoms with Crippen LogP contribution in [-0.4, -0.2) is 49.2 Å². The number of nitro groups is 1. The molecule has 20 heavy (non-hydrogen) atoms. The van der Waals surface area contributed by atoms with E-state index in [0.29, 0.717) is 0 Å². The predicted molar refractivity (Wildman–Crippen MR) is 78.6 cm³/mol. The van der Waals surface area contributed by atoms with E-state index < -0.39 is 4.92 Å². The molecular formula is C13H18ClN3O3. The maximum atomic E-state index is 10.8. The first-order valence-corrected chi connectivity index (χ1v) is 6.94. The van der Waals surface area contributed by atoms with Crippen LogP contribution < -0.4 is 5.32 Å². The normalized spacial score (nSPS) is 16.1. The zero-order chi connectivity index (χ0) is 14.5. The Balaban J connectivity index is 1.92. The number of halogens is 1. The van der Waals surface area contributed by atoms with Crippen molar-refractivity contribution in [1.29, 1.82) is 0 Å². The van der Waals surface area contributed by atoms with Gasteiger partial charge in [-0.15, -0.1) is 0 Å². The smallest absolute Gasteiger partial charge is 0.288 e. The molecule has 0 unspecified atom stereocenters. The second-order valence-corrected chi connectivity index (χ2v) is 5.16.